The van der Waals surface area contributed by atoms with Gasteiger partial charge in [-0.15, -0.1) is 0 Å². The van der Waals surface area contributed by atoms with Gasteiger partial charge in [0.15, 0.2) is 0 Å². The van der Waals surface area contributed by atoms with Crippen molar-refractivity contribution in [1.82, 2.24) is 9.88 Å². The molecule has 1 aromatic heterocycles. The highest BCUT2D eigenvalue weighted by Crippen LogP contribution is 2.28. The molecule has 0 amide bonds. The zero-order chi connectivity index (χ0) is 15.4. The number of likely N-dealkylation sites (tertiary alicyclic amines) is 1. The number of benzene rings is 1. The van der Waals surface area contributed by atoms with E-state index in [2.05, 4.69) is 28.3 Å². The number of aromatic nitrogens is 1. The van der Waals surface area contributed by atoms with Gasteiger partial charge in [0, 0.05) is 30.2 Å². The largest absolute Gasteiger partial charge is 0.497 e. The van der Waals surface area contributed by atoms with Crippen molar-refractivity contribution in [2.24, 2.45) is 0 Å². The summed E-state index contributed by atoms with van der Waals surface area (Å²) in [7, 11) is 3.95. The van der Waals surface area contributed by atoms with E-state index in [0.717, 1.165) is 28.9 Å². The molecular formula is C18H25N3O. The molecule has 4 heteroatoms. The van der Waals surface area contributed by atoms with E-state index in [4.69, 9.17) is 4.74 Å². The number of nitrogens with one attached hydrogen (secondary N) is 1. The first-order valence-corrected chi connectivity index (χ1v) is 8.15. The Labute approximate surface area is 132 Å². The number of piperidine rings is 1. The van der Waals surface area contributed by atoms with Gasteiger partial charge < -0.3 is 15.0 Å². The van der Waals surface area contributed by atoms with Crippen LogP contribution in [0.15, 0.2) is 30.5 Å². The fraction of sp³-hybridized carbons (Fsp3) is 0.500. The van der Waals surface area contributed by atoms with Crippen molar-refractivity contribution in [2.45, 2.75) is 31.7 Å². The van der Waals surface area contributed by atoms with Crippen molar-refractivity contribution in [1.29, 1.82) is 0 Å². The second-order valence-corrected chi connectivity index (χ2v) is 6.10. The molecule has 1 fully saturated rings. The number of fused-ring (bicyclic) bond motifs is 1. The number of hydrogen-bond donors (Lipinski definition) is 1. The van der Waals surface area contributed by atoms with E-state index in [-0.39, 0.29) is 0 Å². The van der Waals surface area contributed by atoms with Crippen molar-refractivity contribution >= 4 is 16.6 Å². The summed E-state index contributed by atoms with van der Waals surface area (Å²) < 4.78 is 5.40. The van der Waals surface area contributed by atoms with Gasteiger partial charge in [-0.2, -0.15) is 0 Å². The lowest BCUT2D eigenvalue weighted by Crippen LogP contribution is -2.37. The number of nitrogens with zero attached hydrogens (tertiary/aromatic N) is 2. The molecule has 1 unspecified atom stereocenters. The molecule has 0 spiro atoms. The minimum atomic E-state index is 0.700. The molecule has 1 atom stereocenters. The van der Waals surface area contributed by atoms with Crippen molar-refractivity contribution in [2.75, 3.05) is 32.6 Å². The quantitative estimate of drug-likeness (QED) is 0.916. The van der Waals surface area contributed by atoms with Crippen LogP contribution in [0.3, 0.4) is 0 Å². The Morgan fingerprint density at radius 3 is 3.09 bits per heavy atom. The Kier molecular flexibility index (Phi) is 4.78. The monoisotopic (exact) mass is 299 g/mol. The molecule has 2 aromatic rings. The molecular weight excluding hydrogens is 274 g/mol. The smallest absolute Gasteiger partial charge is 0.121 e. The van der Waals surface area contributed by atoms with Crippen molar-refractivity contribution < 1.29 is 4.74 Å². The summed E-state index contributed by atoms with van der Waals surface area (Å²) >= 11 is 0. The van der Waals surface area contributed by atoms with Crippen LogP contribution in [-0.4, -0.2) is 43.2 Å². The number of rotatable bonds is 5. The molecule has 0 bridgehead atoms. The van der Waals surface area contributed by atoms with E-state index in [1.54, 1.807) is 7.11 Å². The average molecular weight is 299 g/mol. The zero-order valence-corrected chi connectivity index (χ0v) is 13.5. The Balaban J connectivity index is 1.70. The Morgan fingerprint density at radius 2 is 2.27 bits per heavy atom. The van der Waals surface area contributed by atoms with Crippen LogP contribution in [0, 0.1) is 0 Å². The lowest BCUT2D eigenvalue weighted by Gasteiger charge is -2.32. The van der Waals surface area contributed by atoms with E-state index in [1.807, 2.05) is 24.4 Å². The van der Waals surface area contributed by atoms with Crippen LogP contribution < -0.4 is 10.1 Å². The van der Waals surface area contributed by atoms with E-state index >= 15 is 0 Å². The number of hydrogen-bond acceptors (Lipinski definition) is 4. The van der Waals surface area contributed by atoms with Crippen LogP contribution in [0.4, 0.5) is 5.69 Å². The third-order valence-electron chi connectivity index (χ3n) is 4.63. The minimum Gasteiger partial charge on any atom is -0.497 e. The number of pyridine rings is 1. The normalized spacial score (nSPS) is 19.3. The van der Waals surface area contributed by atoms with Gasteiger partial charge in [-0.25, -0.2) is 0 Å². The average Bonchev–Trinajstić information content (AvgIpc) is 2.56. The lowest BCUT2D eigenvalue weighted by molar-refractivity contribution is 0.179. The highest BCUT2D eigenvalue weighted by Gasteiger charge is 2.18. The highest BCUT2D eigenvalue weighted by atomic mass is 16.5. The highest BCUT2D eigenvalue weighted by molar-refractivity contribution is 5.91. The summed E-state index contributed by atoms with van der Waals surface area (Å²) in [5.74, 6) is 0.873. The van der Waals surface area contributed by atoms with Crippen LogP contribution in [-0.2, 0) is 0 Å². The number of ether oxygens (including phenoxy) is 1. The predicted molar refractivity (Wildman–Crippen MR) is 91.7 cm³/mol. The lowest BCUT2D eigenvalue weighted by atomic mass is 10.00. The molecule has 1 aromatic carbocycles. The maximum atomic E-state index is 5.40. The molecule has 2 heterocycles. The van der Waals surface area contributed by atoms with Gasteiger partial charge in [0.05, 0.1) is 18.3 Å². The van der Waals surface area contributed by atoms with Crippen molar-refractivity contribution in [3.8, 4) is 5.75 Å². The van der Waals surface area contributed by atoms with Gasteiger partial charge in [0.2, 0.25) is 0 Å². The summed E-state index contributed by atoms with van der Waals surface area (Å²) in [6, 6.07) is 8.81. The molecule has 1 N–H and O–H groups in total. The van der Waals surface area contributed by atoms with Gasteiger partial charge >= 0.3 is 0 Å². The first kappa shape index (κ1) is 15.1. The maximum absolute atomic E-state index is 5.40. The van der Waals surface area contributed by atoms with E-state index in [9.17, 15) is 0 Å². The SMILES string of the molecule is COc1cc(NCCC2CCCCN2C)c2ncccc2c1. The topological polar surface area (TPSA) is 37.4 Å². The van der Waals surface area contributed by atoms with Crippen molar-refractivity contribution in [3.63, 3.8) is 0 Å². The molecule has 1 aliphatic rings. The van der Waals surface area contributed by atoms with Gasteiger partial charge in [-0.1, -0.05) is 12.5 Å². The van der Waals surface area contributed by atoms with Gasteiger partial charge in [-0.3, -0.25) is 4.98 Å². The summed E-state index contributed by atoms with van der Waals surface area (Å²) in [6.45, 7) is 2.20. The Hall–Kier alpha value is -1.81. The number of methoxy groups -OCH3 is 1. The fourth-order valence-corrected chi connectivity index (χ4v) is 3.30. The second kappa shape index (κ2) is 6.97. The third-order valence-corrected chi connectivity index (χ3v) is 4.63. The molecule has 22 heavy (non-hydrogen) atoms. The van der Waals surface area contributed by atoms with Crippen LogP contribution in [0.1, 0.15) is 25.7 Å². The molecule has 118 valence electrons. The van der Waals surface area contributed by atoms with Crippen LogP contribution in [0.5, 0.6) is 5.75 Å². The summed E-state index contributed by atoms with van der Waals surface area (Å²) in [6.07, 6.45) is 7.02. The molecule has 4 nitrogen and oxygen atoms in total. The van der Waals surface area contributed by atoms with Gasteiger partial charge in [0.25, 0.3) is 0 Å². The Bertz CT molecular complexity index is 629. The molecule has 1 aliphatic heterocycles. The van der Waals surface area contributed by atoms with E-state index in [1.165, 1.54) is 32.2 Å². The molecule has 3 rings (SSSR count). The van der Waals surface area contributed by atoms with Crippen molar-refractivity contribution in [3.05, 3.63) is 30.5 Å². The molecule has 0 aliphatic carbocycles. The van der Waals surface area contributed by atoms with Gasteiger partial charge in [-0.05, 0) is 45.0 Å². The minimum absolute atomic E-state index is 0.700. The maximum Gasteiger partial charge on any atom is 0.121 e. The molecule has 0 radical (unpaired) electrons. The molecule has 1 saturated heterocycles. The zero-order valence-electron chi connectivity index (χ0n) is 13.5. The first-order chi connectivity index (χ1) is 10.8. The Morgan fingerprint density at radius 1 is 1.36 bits per heavy atom. The summed E-state index contributed by atoms with van der Waals surface area (Å²) in [5, 5.41) is 4.67. The summed E-state index contributed by atoms with van der Waals surface area (Å²) in [5.41, 5.74) is 2.08. The number of anilines is 1. The molecule has 0 saturated carbocycles. The second-order valence-electron chi connectivity index (χ2n) is 6.10. The first-order valence-electron chi connectivity index (χ1n) is 8.15. The van der Waals surface area contributed by atoms with E-state index in [0.29, 0.717) is 6.04 Å². The van der Waals surface area contributed by atoms with Crippen LogP contribution in [0.25, 0.3) is 10.9 Å². The fourth-order valence-electron chi connectivity index (χ4n) is 3.30. The third kappa shape index (κ3) is 3.33. The predicted octanol–water partition coefficient (Wildman–Crippen LogP) is 3.53. The van der Waals surface area contributed by atoms with Crippen LogP contribution >= 0.6 is 0 Å². The van der Waals surface area contributed by atoms with E-state index < -0.39 is 0 Å². The van der Waals surface area contributed by atoms with Crippen LogP contribution in [0.2, 0.25) is 0 Å². The van der Waals surface area contributed by atoms with Gasteiger partial charge in [0.1, 0.15) is 5.75 Å². The summed E-state index contributed by atoms with van der Waals surface area (Å²) in [4.78, 5) is 7.00. The standard InChI is InChI=1S/C18H25N3O/c1-21-11-4-3-7-15(21)8-10-19-17-13-16(22-2)12-14-6-5-9-20-18(14)17/h5-6,9,12-13,15,19H,3-4,7-8,10-11H2,1-2H3.